The van der Waals surface area contributed by atoms with Crippen molar-refractivity contribution in [2.24, 2.45) is 0 Å². The molecule has 1 rings (SSSR count). The predicted octanol–water partition coefficient (Wildman–Crippen LogP) is 3.07. The Kier molecular flexibility index (Phi) is 6.30. The van der Waals surface area contributed by atoms with Crippen LogP contribution in [-0.4, -0.2) is 37.9 Å². The fourth-order valence-electron chi connectivity index (χ4n) is 1.81. The lowest BCUT2D eigenvalue weighted by Crippen LogP contribution is -2.28. The maximum Gasteiger partial charge on any atom is 0.337 e. The molecule has 1 aromatic rings. The molecule has 100 valence electrons. The molecule has 5 heteroatoms. The monoisotopic (exact) mass is 289 g/mol. The number of carbonyl (C=O) groups is 1. The first-order valence-electron chi connectivity index (χ1n) is 5.70. The molecule has 0 saturated heterocycles. The number of halogens is 2. The topological polar surface area (TPSA) is 29.5 Å². The molecule has 0 fully saturated rings. The Morgan fingerprint density at radius 3 is 2.33 bits per heavy atom. The number of nitrogens with zero attached hydrogens (tertiary/aromatic N) is 1. The molecular weight excluding hydrogens is 273 g/mol. The number of anilines is 1. The highest BCUT2D eigenvalue weighted by molar-refractivity contribution is 6.18. The van der Waals surface area contributed by atoms with Gasteiger partial charge in [0.15, 0.2) is 0 Å². The summed E-state index contributed by atoms with van der Waals surface area (Å²) in [5.74, 6) is 0.746. The van der Waals surface area contributed by atoms with Crippen LogP contribution in [-0.2, 0) is 4.74 Å². The summed E-state index contributed by atoms with van der Waals surface area (Å²) in [6.07, 6.45) is 0. The van der Waals surface area contributed by atoms with E-state index in [-0.39, 0.29) is 5.97 Å². The Morgan fingerprint density at radius 1 is 1.28 bits per heavy atom. The van der Waals surface area contributed by atoms with Crippen molar-refractivity contribution in [3.05, 3.63) is 29.3 Å². The highest BCUT2D eigenvalue weighted by Crippen LogP contribution is 2.21. The summed E-state index contributed by atoms with van der Waals surface area (Å²) in [6.45, 7) is 3.41. The number of alkyl halides is 2. The van der Waals surface area contributed by atoms with Crippen molar-refractivity contribution in [3.63, 3.8) is 0 Å². The average molecular weight is 290 g/mol. The van der Waals surface area contributed by atoms with Gasteiger partial charge in [0.25, 0.3) is 0 Å². The number of ether oxygens (including phenoxy) is 1. The predicted molar refractivity (Wildman–Crippen MR) is 76.2 cm³/mol. The lowest BCUT2D eigenvalue weighted by Gasteiger charge is -2.25. The zero-order chi connectivity index (χ0) is 13.5. The molecule has 3 nitrogen and oxygen atoms in total. The number of methoxy groups -OCH3 is 1. The minimum Gasteiger partial charge on any atom is -0.465 e. The molecule has 0 bridgehead atoms. The molecule has 0 heterocycles. The number of benzene rings is 1. The van der Waals surface area contributed by atoms with Crippen LogP contribution in [0.25, 0.3) is 0 Å². The van der Waals surface area contributed by atoms with E-state index >= 15 is 0 Å². The van der Waals surface area contributed by atoms with Gasteiger partial charge >= 0.3 is 5.97 Å². The van der Waals surface area contributed by atoms with Gasteiger partial charge in [-0.25, -0.2) is 4.79 Å². The van der Waals surface area contributed by atoms with Crippen LogP contribution >= 0.6 is 23.2 Å². The lowest BCUT2D eigenvalue weighted by atomic mass is 10.1. The molecule has 1 aromatic carbocycles. The van der Waals surface area contributed by atoms with Crippen LogP contribution in [0.2, 0.25) is 0 Å². The van der Waals surface area contributed by atoms with E-state index in [0.29, 0.717) is 17.3 Å². The molecule has 0 aliphatic heterocycles. The number of esters is 1. The Labute approximate surface area is 118 Å². The van der Waals surface area contributed by atoms with E-state index in [2.05, 4.69) is 4.90 Å². The summed E-state index contributed by atoms with van der Waals surface area (Å²) in [5, 5.41) is 0. The van der Waals surface area contributed by atoms with Gasteiger partial charge in [0.05, 0.1) is 12.7 Å². The Hall–Kier alpha value is -0.930. The zero-order valence-corrected chi connectivity index (χ0v) is 12.1. The van der Waals surface area contributed by atoms with Crippen molar-refractivity contribution in [2.75, 3.05) is 36.9 Å². The lowest BCUT2D eigenvalue weighted by molar-refractivity contribution is 0.0600. The van der Waals surface area contributed by atoms with Gasteiger partial charge in [-0.3, -0.25) is 0 Å². The van der Waals surface area contributed by atoms with E-state index in [4.69, 9.17) is 27.9 Å². The molecule has 0 N–H and O–H groups in total. The quantitative estimate of drug-likeness (QED) is 0.595. The van der Waals surface area contributed by atoms with Crippen molar-refractivity contribution >= 4 is 34.9 Å². The molecule has 0 spiro atoms. The van der Waals surface area contributed by atoms with E-state index < -0.39 is 0 Å². The number of rotatable bonds is 6. The third-order valence-electron chi connectivity index (χ3n) is 2.67. The fraction of sp³-hybridized carbons (Fsp3) is 0.462. The van der Waals surface area contributed by atoms with Crippen molar-refractivity contribution < 1.29 is 9.53 Å². The Balaban J connectivity index is 2.98. The molecule has 0 saturated carbocycles. The van der Waals surface area contributed by atoms with E-state index in [1.54, 1.807) is 6.07 Å². The average Bonchev–Trinajstić information content (AvgIpc) is 2.37. The van der Waals surface area contributed by atoms with Gasteiger partial charge in [-0.1, -0.05) is 0 Å². The number of hydrogen-bond acceptors (Lipinski definition) is 3. The molecule has 0 aromatic heterocycles. The van der Waals surface area contributed by atoms with E-state index in [1.807, 2.05) is 19.1 Å². The molecular formula is C13H17Cl2NO2. The second-order valence-corrected chi connectivity index (χ2v) is 4.61. The molecule has 0 atom stereocenters. The third-order valence-corrected chi connectivity index (χ3v) is 3.01. The molecule has 0 amide bonds. The molecule has 0 aliphatic carbocycles. The van der Waals surface area contributed by atoms with Gasteiger partial charge in [-0.2, -0.15) is 0 Å². The van der Waals surface area contributed by atoms with Gasteiger partial charge < -0.3 is 9.64 Å². The zero-order valence-electron chi connectivity index (χ0n) is 10.6. The first-order valence-corrected chi connectivity index (χ1v) is 6.76. The smallest absolute Gasteiger partial charge is 0.337 e. The number of carbonyl (C=O) groups excluding carboxylic acids is 1. The molecule has 0 radical (unpaired) electrons. The standard InChI is InChI=1S/C13H17Cl2NO2/c1-10-9-11(13(17)18-2)3-4-12(10)16(7-5-14)8-6-15/h3-4,9H,5-8H2,1-2H3. The molecule has 0 aliphatic rings. The highest BCUT2D eigenvalue weighted by Gasteiger charge is 2.11. The summed E-state index contributed by atoms with van der Waals surface area (Å²) in [4.78, 5) is 13.5. The SMILES string of the molecule is COC(=O)c1ccc(N(CCCl)CCCl)c(C)c1. The van der Waals surface area contributed by atoms with E-state index in [0.717, 1.165) is 24.3 Å². The maximum atomic E-state index is 11.4. The first kappa shape index (κ1) is 15.1. The Bertz CT molecular complexity index is 404. The summed E-state index contributed by atoms with van der Waals surface area (Å²) in [6, 6.07) is 5.47. The maximum absolute atomic E-state index is 11.4. The minimum atomic E-state index is -0.328. The van der Waals surface area contributed by atoms with E-state index in [9.17, 15) is 4.79 Å². The fourth-order valence-corrected chi connectivity index (χ4v) is 2.22. The molecule has 0 unspecified atom stereocenters. The van der Waals surface area contributed by atoms with Gasteiger partial charge in [0.2, 0.25) is 0 Å². The van der Waals surface area contributed by atoms with Crippen LogP contribution in [0, 0.1) is 6.92 Å². The number of hydrogen-bond donors (Lipinski definition) is 0. The summed E-state index contributed by atoms with van der Waals surface area (Å²) in [7, 11) is 1.37. The largest absolute Gasteiger partial charge is 0.465 e. The van der Waals surface area contributed by atoms with Crippen LogP contribution in [0.1, 0.15) is 15.9 Å². The van der Waals surface area contributed by atoms with Crippen LogP contribution in [0.4, 0.5) is 5.69 Å². The summed E-state index contributed by atoms with van der Waals surface area (Å²) in [5.41, 5.74) is 2.60. The summed E-state index contributed by atoms with van der Waals surface area (Å²) < 4.78 is 4.69. The van der Waals surface area contributed by atoms with E-state index in [1.165, 1.54) is 7.11 Å². The van der Waals surface area contributed by atoms with Gasteiger partial charge in [-0.15, -0.1) is 23.2 Å². The van der Waals surface area contributed by atoms with Gasteiger partial charge in [0, 0.05) is 30.5 Å². The van der Waals surface area contributed by atoms with Crippen molar-refractivity contribution in [1.82, 2.24) is 0 Å². The van der Waals surface area contributed by atoms with Crippen molar-refractivity contribution in [3.8, 4) is 0 Å². The van der Waals surface area contributed by atoms with Crippen LogP contribution in [0.5, 0.6) is 0 Å². The minimum absolute atomic E-state index is 0.328. The second kappa shape index (κ2) is 7.49. The highest BCUT2D eigenvalue weighted by atomic mass is 35.5. The van der Waals surface area contributed by atoms with Crippen LogP contribution in [0.3, 0.4) is 0 Å². The Morgan fingerprint density at radius 2 is 1.89 bits per heavy atom. The van der Waals surface area contributed by atoms with Gasteiger partial charge in [-0.05, 0) is 30.7 Å². The number of aryl methyl sites for hydroxylation is 1. The van der Waals surface area contributed by atoms with Crippen LogP contribution < -0.4 is 4.90 Å². The van der Waals surface area contributed by atoms with Gasteiger partial charge in [0.1, 0.15) is 0 Å². The first-order chi connectivity index (χ1) is 8.63. The van der Waals surface area contributed by atoms with Crippen molar-refractivity contribution in [2.45, 2.75) is 6.92 Å². The second-order valence-electron chi connectivity index (χ2n) is 3.86. The summed E-state index contributed by atoms with van der Waals surface area (Å²) >= 11 is 11.6. The normalized spacial score (nSPS) is 10.2. The third kappa shape index (κ3) is 3.79. The van der Waals surface area contributed by atoms with Crippen LogP contribution in [0.15, 0.2) is 18.2 Å². The van der Waals surface area contributed by atoms with Crippen molar-refractivity contribution in [1.29, 1.82) is 0 Å². The molecule has 18 heavy (non-hydrogen) atoms.